The molecule has 3 rings (SSSR count). The van der Waals surface area contributed by atoms with Gasteiger partial charge in [-0.3, -0.25) is 0 Å². The molecule has 1 unspecified atom stereocenters. The van der Waals surface area contributed by atoms with E-state index in [2.05, 4.69) is 47.7 Å². The zero-order valence-electron chi connectivity index (χ0n) is 12.5. The predicted molar refractivity (Wildman–Crippen MR) is 86.8 cm³/mol. The number of alkyl halides is 1. The molecule has 1 atom stereocenters. The fraction of sp³-hybridized carbons (Fsp3) is 0.294. The molecule has 2 heterocycles. The van der Waals surface area contributed by atoms with Crippen LogP contribution in [0.15, 0.2) is 36.5 Å². The van der Waals surface area contributed by atoms with Crippen LogP contribution in [0, 0.1) is 13.8 Å². The lowest BCUT2D eigenvalue weighted by molar-refractivity contribution is 0.736. The summed E-state index contributed by atoms with van der Waals surface area (Å²) < 4.78 is 2.12. The van der Waals surface area contributed by atoms with Gasteiger partial charge in [0.1, 0.15) is 11.3 Å². The first kappa shape index (κ1) is 14.1. The minimum Gasteiger partial charge on any atom is -0.307 e. The van der Waals surface area contributed by atoms with Gasteiger partial charge in [-0.05, 0) is 38.0 Å². The van der Waals surface area contributed by atoms with Crippen molar-refractivity contribution in [3.8, 4) is 0 Å². The highest BCUT2D eigenvalue weighted by Gasteiger charge is 2.17. The standard InChI is InChI=1S/C17H18ClN3/c1-11-5-4-6-14(9-11)10-21-16(13(3)18)20-15-12(2)7-8-19-17(15)21/h4-9,13H,10H2,1-3H3. The summed E-state index contributed by atoms with van der Waals surface area (Å²) >= 11 is 6.32. The van der Waals surface area contributed by atoms with Gasteiger partial charge in [-0.1, -0.05) is 29.8 Å². The van der Waals surface area contributed by atoms with Gasteiger partial charge in [0.25, 0.3) is 0 Å². The number of pyridine rings is 1. The van der Waals surface area contributed by atoms with Crippen molar-refractivity contribution in [2.45, 2.75) is 32.7 Å². The van der Waals surface area contributed by atoms with Crippen LogP contribution in [-0.2, 0) is 6.54 Å². The topological polar surface area (TPSA) is 30.7 Å². The Balaban J connectivity index is 2.16. The van der Waals surface area contributed by atoms with Gasteiger partial charge in [-0.15, -0.1) is 11.6 Å². The zero-order valence-corrected chi connectivity index (χ0v) is 13.2. The Kier molecular flexibility index (Phi) is 3.68. The minimum absolute atomic E-state index is 0.150. The van der Waals surface area contributed by atoms with E-state index in [0.717, 1.165) is 29.1 Å². The normalized spacial score (nSPS) is 12.8. The molecule has 2 aromatic heterocycles. The quantitative estimate of drug-likeness (QED) is 0.671. The predicted octanol–water partition coefficient (Wildman–Crippen LogP) is 4.40. The maximum absolute atomic E-state index is 6.32. The molecule has 0 aliphatic carbocycles. The number of hydrogen-bond acceptors (Lipinski definition) is 2. The lowest BCUT2D eigenvalue weighted by Gasteiger charge is -2.10. The van der Waals surface area contributed by atoms with Crippen molar-refractivity contribution in [1.29, 1.82) is 0 Å². The molecular formula is C17H18ClN3. The fourth-order valence-electron chi connectivity index (χ4n) is 2.61. The zero-order chi connectivity index (χ0) is 15.0. The Labute approximate surface area is 129 Å². The number of halogens is 1. The molecule has 0 N–H and O–H groups in total. The molecule has 0 fully saturated rings. The first-order valence-corrected chi connectivity index (χ1v) is 7.51. The molecule has 0 amide bonds. The second-order valence-corrected chi connectivity index (χ2v) is 6.12. The molecule has 0 saturated heterocycles. The minimum atomic E-state index is -0.150. The van der Waals surface area contributed by atoms with Crippen molar-refractivity contribution in [2.24, 2.45) is 0 Å². The SMILES string of the molecule is Cc1cccc(Cn2c(C(C)Cl)nc3c(C)ccnc32)c1. The number of aromatic nitrogens is 3. The second-order valence-electron chi connectivity index (χ2n) is 5.46. The molecular weight excluding hydrogens is 282 g/mol. The Morgan fingerprint density at radius 3 is 2.76 bits per heavy atom. The molecule has 0 aliphatic rings. The Morgan fingerprint density at radius 1 is 1.24 bits per heavy atom. The van der Waals surface area contributed by atoms with Gasteiger partial charge in [0.15, 0.2) is 5.65 Å². The van der Waals surface area contributed by atoms with Crippen LogP contribution in [0.1, 0.15) is 34.8 Å². The van der Waals surface area contributed by atoms with Crippen molar-refractivity contribution in [2.75, 3.05) is 0 Å². The van der Waals surface area contributed by atoms with Crippen LogP contribution in [0.25, 0.3) is 11.2 Å². The lowest BCUT2D eigenvalue weighted by atomic mass is 10.1. The Bertz CT molecular complexity index is 790. The maximum atomic E-state index is 6.32. The van der Waals surface area contributed by atoms with Gasteiger partial charge in [0, 0.05) is 6.20 Å². The van der Waals surface area contributed by atoms with Crippen molar-refractivity contribution in [3.05, 3.63) is 59.0 Å². The first-order chi connectivity index (χ1) is 10.1. The van der Waals surface area contributed by atoms with Gasteiger partial charge in [-0.25, -0.2) is 9.97 Å². The number of rotatable bonds is 3. The van der Waals surface area contributed by atoms with E-state index in [0.29, 0.717) is 0 Å². The fourth-order valence-corrected chi connectivity index (χ4v) is 2.77. The summed E-state index contributed by atoms with van der Waals surface area (Å²) in [4.78, 5) is 9.20. The van der Waals surface area contributed by atoms with Gasteiger partial charge in [-0.2, -0.15) is 0 Å². The largest absolute Gasteiger partial charge is 0.307 e. The van der Waals surface area contributed by atoms with E-state index in [1.54, 1.807) is 0 Å². The monoisotopic (exact) mass is 299 g/mol. The van der Waals surface area contributed by atoms with Crippen LogP contribution in [0.4, 0.5) is 0 Å². The molecule has 3 aromatic rings. The number of aryl methyl sites for hydroxylation is 2. The summed E-state index contributed by atoms with van der Waals surface area (Å²) in [6, 6.07) is 10.5. The highest BCUT2D eigenvalue weighted by molar-refractivity contribution is 6.20. The summed E-state index contributed by atoms with van der Waals surface area (Å²) in [7, 11) is 0. The summed E-state index contributed by atoms with van der Waals surface area (Å²) in [5.74, 6) is 0.870. The van der Waals surface area contributed by atoms with E-state index in [1.165, 1.54) is 11.1 Å². The molecule has 3 nitrogen and oxygen atoms in total. The smallest absolute Gasteiger partial charge is 0.160 e. The van der Waals surface area contributed by atoms with Crippen LogP contribution in [-0.4, -0.2) is 14.5 Å². The molecule has 0 aliphatic heterocycles. The van der Waals surface area contributed by atoms with Crippen LogP contribution in [0.3, 0.4) is 0 Å². The van der Waals surface area contributed by atoms with Crippen molar-refractivity contribution < 1.29 is 0 Å². The number of hydrogen-bond donors (Lipinski definition) is 0. The van der Waals surface area contributed by atoms with Crippen molar-refractivity contribution in [1.82, 2.24) is 14.5 Å². The summed E-state index contributed by atoms with van der Waals surface area (Å²) in [5.41, 5.74) is 5.45. The second kappa shape index (κ2) is 5.49. The number of fused-ring (bicyclic) bond motifs is 1. The molecule has 4 heteroatoms. The van der Waals surface area contributed by atoms with Gasteiger partial charge >= 0.3 is 0 Å². The summed E-state index contributed by atoms with van der Waals surface area (Å²) in [5, 5.41) is -0.150. The van der Waals surface area contributed by atoms with E-state index < -0.39 is 0 Å². The summed E-state index contributed by atoms with van der Waals surface area (Å²) in [6.45, 7) is 6.84. The Morgan fingerprint density at radius 2 is 2.05 bits per heavy atom. The van der Waals surface area contributed by atoms with E-state index in [4.69, 9.17) is 16.6 Å². The van der Waals surface area contributed by atoms with Crippen LogP contribution >= 0.6 is 11.6 Å². The molecule has 21 heavy (non-hydrogen) atoms. The van der Waals surface area contributed by atoms with Gasteiger partial charge < -0.3 is 4.57 Å². The third kappa shape index (κ3) is 2.66. The van der Waals surface area contributed by atoms with Crippen molar-refractivity contribution >= 4 is 22.8 Å². The molecule has 0 radical (unpaired) electrons. The van der Waals surface area contributed by atoms with E-state index in [9.17, 15) is 0 Å². The average molecular weight is 300 g/mol. The molecule has 0 spiro atoms. The molecule has 108 valence electrons. The van der Waals surface area contributed by atoms with Gasteiger partial charge in [0.2, 0.25) is 0 Å². The van der Waals surface area contributed by atoms with Crippen LogP contribution < -0.4 is 0 Å². The van der Waals surface area contributed by atoms with Crippen molar-refractivity contribution in [3.63, 3.8) is 0 Å². The molecule has 0 bridgehead atoms. The first-order valence-electron chi connectivity index (χ1n) is 7.07. The van der Waals surface area contributed by atoms with E-state index >= 15 is 0 Å². The van der Waals surface area contributed by atoms with Crippen LogP contribution in [0.5, 0.6) is 0 Å². The highest BCUT2D eigenvalue weighted by atomic mass is 35.5. The van der Waals surface area contributed by atoms with Crippen LogP contribution in [0.2, 0.25) is 0 Å². The number of imidazole rings is 1. The highest BCUT2D eigenvalue weighted by Crippen LogP contribution is 2.26. The third-order valence-electron chi connectivity index (χ3n) is 3.64. The van der Waals surface area contributed by atoms with E-state index in [-0.39, 0.29) is 5.38 Å². The average Bonchev–Trinajstić information content (AvgIpc) is 2.80. The molecule has 1 aromatic carbocycles. The lowest BCUT2D eigenvalue weighted by Crippen LogP contribution is -2.06. The third-order valence-corrected chi connectivity index (χ3v) is 3.84. The number of benzene rings is 1. The maximum Gasteiger partial charge on any atom is 0.160 e. The summed E-state index contributed by atoms with van der Waals surface area (Å²) in [6.07, 6.45) is 1.83. The van der Waals surface area contributed by atoms with Gasteiger partial charge in [0.05, 0.1) is 11.9 Å². The number of nitrogens with zero attached hydrogens (tertiary/aromatic N) is 3. The molecule has 0 saturated carbocycles. The van der Waals surface area contributed by atoms with E-state index in [1.807, 2.05) is 19.2 Å². The Hall–Kier alpha value is -1.87.